The maximum absolute atomic E-state index is 11.8. The molecule has 1 aliphatic carbocycles. The molecule has 6 nitrogen and oxygen atoms in total. The van der Waals surface area contributed by atoms with Crippen molar-refractivity contribution < 1.29 is 17.9 Å². The van der Waals surface area contributed by atoms with Gasteiger partial charge in [0.15, 0.2) is 9.84 Å². The van der Waals surface area contributed by atoms with Gasteiger partial charge < -0.3 is 15.4 Å². The molecule has 0 aromatic heterocycles. The molecule has 0 bridgehead atoms. The molecule has 1 aliphatic rings. The molecule has 2 rings (SSSR count). The fraction of sp³-hybridized carbons (Fsp3) is 0.562. The molecule has 0 atom stereocenters. The first kappa shape index (κ1) is 17.6. The highest BCUT2D eigenvalue weighted by atomic mass is 32.2. The van der Waals surface area contributed by atoms with Gasteiger partial charge in [-0.3, -0.25) is 0 Å². The van der Waals surface area contributed by atoms with Crippen LogP contribution in [0.3, 0.4) is 0 Å². The van der Waals surface area contributed by atoms with E-state index in [-0.39, 0.29) is 24.2 Å². The van der Waals surface area contributed by atoms with Gasteiger partial charge in [-0.05, 0) is 37.8 Å². The molecule has 0 saturated heterocycles. The lowest BCUT2D eigenvalue weighted by Crippen LogP contribution is -2.33. The van der Waals surface area contributed by atoms with Crippen molar-refractivity contribution in [1.82, 2.24) is 5.32 Å². The summed E-state index contributed by atoms with van der Waals surface area (Å²) in [6, 6.07) is 6.82. The Labute approximate surface area is 137 Å². The predicted octanol–water partition coefficient (Wildman–Crippen LogP) is 2.56. The first-order valence-corrected chi connectivity index (χ1v) is 9.82. The molecule has 0 spiro atoms. The molecule has 23 heavy (non-hydrogen) atoms. The fourth-order valence-corrected chi connectivity index (χ4v) is 3.19. The van der Waals surface area contributed by atoms with Gasteiger partial charge in [-0.25, -0.2) is 13.2 Å². The normalized spacial score (nSPS) is 15.3. The minimum Gasteiger partial charge on any atom is -0.490 e. The van der Waals surface area contributed by atoms with Gasteiger partial charge in [-0.2, -0.15) is 0 Å². The summed E-state index contributed by atoms with van der Waals surface area (Å²) in [7, 11) is -3.07. The van der Waals surface area contributed by atoms with Crippen LogP contribution >= 0.6 is 0 Å². The highest BCUT2D eigenvalue weighted by molar-refractivity contribution is 7.91. The molecular weight excluding hydrogens is 316 g/mol. The Morgan fingerprint density at radius 3 is 2.74 bits per heavy atom. The second-order valence-electron chi connectivity index (χ2n) is 5.67. The number of anilines is 1. The number of carbonyl (C=O) groups excluding carboxylic acids is 1. The SMILES string of the molecule is CCS(=O)(=O)CCNC(=O)Nc1cccc(OC2CCCC2)c1. The fourth-order valence-electron chi connectivity index (χ4n) is 2.49. The molecule has 1 saturated carbocycles. The van der Waals surface area contributed by atoms with Crippen LogP contribution in [-0.4, -0.2) is 38.6 Å². The van der Waals surface area contributed by atoms with E-state index in [1.54, 1.807) is 19.1 Å². The van der Waals surface area contributed by atoms with E-state index in [0.717, 1.165) is 18.6 Å². The number of amides is 2. The van der Waals surface area contributed by atoms with Gasteiger partial charge in [0, 0.05) is 24.1 Å². The highest BCUT2D eigenvalue weighted by Gasteiger charge is 2.16. The number of ether oxygens (including phenoxy) is 1. The van der Waals surface area contributed by atoms with Gasteiger partial charge >= 0.3 is 6.03 Å². The Morgan fingerprint density at radius 2 is 2.04 bits per heavy atom. The number of sulfone groups is 1. The third kappa shape index (κ3) is 6.09. The standard InChI is InChI=1S/C16H24N2O4S/c1-2-23(20,21)11-10-17-16(19)18-13-6-5-9-15(12-13)22-14-7-3-4-8-14/h5-6,9,12,14H,2-4,7-8,10-11H2,1H3,(H2,17,18,19). The van der Waals surface area contributed by atoms with Crippen molar-refractivity contribution in [2.45, 2.75) is 38.7 Å². The van der Waals surface area contributed by atoms with E-state index in [0.29, 0.717) is 5.69 Å². The first-order chi connectivity index (χ1) is 11.0. The molecule has 0 heterocycles. The van der Waals surface area contributed by atoms with Crippen molar-refractivity contribution in [3.8, 4) is 5.75 Å². The van der Waals surface area contributed by atoms with Gasteiger partial charge in [0.25, 0.3) is 0 Å². The van der Waals surface area contributed by atoms with Crippen LogP contribution in [0.15, 0.2) is 24.3 Å². The average molecular weight is 340 g/mol. The molecule has 1 aromatic carbocycles. The number of hydrogen-bond donors (Lipinski definition) is 2. The number of hydrogen-bond acceptors (Lipinski definition) is 4. The number of rotatable bonds is 7. The van der Waals surface area contributed by atoms with Gasteiger partial charge in [0.1, 0.15) is 5.75 Å². The first-order valence-electron chi connectivity index (χ1n) is 8.00. The summed E-state index contributed by atoms with van der Waals surface area (Å²) in [5, 5.41) is 5.23. The Kier molecular flexibility index (Phi) is 6.27. The van der Waals surface area contributed by atoms with E-state index in [9.17, 15) is 13.2 Å². The molecule has 0 radical (unpaired) electrons. The Morgan fingerprint density at radius 1 is 1.30 bits per heavy atom. The van der Waals surface area contributed by atoms with E-state index >= 15 is 0 Å². The smallest absolute Gasteiger partial charge is 0.319 e. The molecule has 7 heteroatoms. The highest BCUT2D eigenvalue weighted by Crippen LogP contribution is 2.25. The number of benzene rings is 1. The van der Waals surface area contributed by atoms with Gasteiger partial charge in [0.2, 0.25) is 0 Å². The Hall–Kier alpha value is -1.76. The largest absolute Gasteiger partial charge is 0.490 e. The van der Waals surface area contributed by atoms with E-state index < -0.39 is 15.9 Å². The predicted molar refractivity (Wildman–Crippen MR) is 90.7 cm³/mol. The van der Waals surface area contributed by atoms with Crippen molar-refractivity contribution in [3.05, 3.63) is 24.3 Å². The summed E-state index contributed by atoms with van der Waals surface area (Å²) in [6.07, 6.45) is 4.81. The molecule has 2 amide bonds. The van der Waals surface area contributed by atoms with Crippen LogP contribution in [0.25, 0.3) is 0 Å². The number of urea groups is 1. The topological polar surface area (TPSA) is 84.5 Å². The van der Waals surface area contributed by atoms with E-state index in [2.05, 4.69) is 10.6 Å². The monoisotopic (exact) mass is 340 g/mol. The van der Waals surface area contributed by atoms with Gasteiger partial charge in [0.05, 0.1) is 11.9 Å². The second kappa shape index (κ2) is 8.19. The van der Waals surface area contributed by atoms with Crippen molar-refractivity contribution >= 4 is 21.6 Å². The van der Waals surface area contributed by atoms with Crippen LogP contribution in [-0.2, 0) is 9.84 Å². The van der Waals surface area contributed by atoms with Crippen molar-refractivity contribution in [2.75, 3.05) is 23.4 Å². The maximum Gasteiger partial charge on any atom is 0.319 e. The molecule has 128 valence electrons. The van der Waals surface area contributed by atoms with Crippen molar-refractivity contribution in [3.63, 3.8) is 0 Å². The van der Waals surface area contributed by atoms with Gasteiger partial charge in [-0.15, -0.1) is 0 Å². The van der Waals surface area contributed by atoms with Crippen molar-refractivity contribution in [1.29, 1.82) is 0 Å². The molecule has 1 fully saturated rings. The van der Waals surface area contributed by atoms with E-state index in [1.807, 2.05) is 12.1 Å². The second-order valence-corrected chi connectivity index (χ2v) is 8.14. The molecule has 0 aliphatic heterocycles. The molecule has 0 unspecified atom stereocenters. The lowest BCUT2D eigenvalue weighted by atomic mass is 10.2. The molecule has 1 aromatic rings. The zero-order chi connectivity index (χ0) is 16.7. The van der Waals surface area contributed by atoms with Crippen LogP contribution < -0.4 is 15.4 Å². The van der Waals surface area contributed by atoms with Crippen LogP contribution in [0.1, 0.15) is 32.6 Å². The summed E-state index contributed by atoms with van der Waals surface area (Å²) in [5.74, 6) is 0.766. The Bertz CT molecular complexity index is 625. The lowest BCUT2D eigenvalue weighted by molar-refractivity contribution is 0.210. The quantitative estimate of drug-likeness (QED) is 0.799. The summed E-state index contributed by atoms with van der Waals surface area (Å²) >= 11 is 0. The van der Waals surface area contributed by atoms with E-state index in [4.69, 9.17) is 4.74 Å². The van der Waals surface area contributed by atoms with Crippen molar-refractivity contribution in [2.24, 2.45) is 0 Å². The summed E-state index contributed by atoms with van der Waals surface area (Å²) < 4.78 is 28.6. The van der Waals surface area contributed by atoms with Crippen LogP contribution in [0.4, 0.5) is 10.5 Å². The van der Waals surface area contributed by atoms with Crippen LogP contribution in [0.2, 0.25) is 0 Å². The zero-order valence-electron chi connectivity index (χ0n) is 13.4. The molecular formula is C16H24N2O4S. The number of carbonyl (C=O) groups is 1. The van der Waals surface area contributed by atoms with E-state index in [1.165, 1.54) is 12.8 Å². The Balaban J connectivity index is 1.81. The third-order valence-electron chi connectivity index (χ3n) is 3.84. The van der Waals surface area contributed by atoms with Crippen LogP contribution in [0, 0.1) is 0 Å². The number of nitrogens with one attached hydrogen (secondary N) is 2. The third-order valence-corrected chi connectivity index (χ3v) is 5.54. The zero-order valence-corrected chi connectivity index (χ0v) is 14.2. The lowest BCUT2D eigenvalue weighted by Gasteiger charge is -2.14. The van der Waals surface area contributed by atoms with Gasteiger partial charge in [-0.1, -0.05) is 13.0 Å². The minimum absolute atomic E-state index is 0.0538. The minimum atomic E-state index is -3.07. The summed E-state index contributed by atoms with van der Waals surface area (Å²) in [6.45, 7) is 1.69. The summed E-state index contributed by atoms with van der Waals surface area (Å²) in [4.78, 5) is 11.8. The average Bonchev–Trinajstić information content (AvgIpc) is 3.00. The summed E-state index contributed by atoms with van der Waals surface area (Å²) in [5.41, 5.74) is 0.622. The molecule has 2 N–H and O–H groups in total. The maximum atomic E-state index is 11.8. The van der Waals surface area contributed by atoms with Crippen LogP contribution in [0.5, 0.6) is 5.75 Å².